The van der Waals surface area contributed by atoms with Crippen LogP contribution in [-0.2, 0) is 28.6 Å². The molecule has 0 amide bonds. The zero-order valence-corrected chi connectivity index (χ0v) is 51.3. The molecule has 0 spiro atoms. The minimum atomic E-state index is -0.795. The van der Waals surface area contributed by atoms with Crippen LogP contribution in [0, 0.1) is 0 Å². The highest BCUT2D eigenvalue weighted by Gasteiger charge is 2.19. The molecule has 0 aromatic carbocycles. The van der Waals surface area contributed by atoms with Crippen molar-refractivity contribution in [1.29, 1.82) is 0 Å². The third kappa shape index (κ3) is 64.3. The van der Waals surface area contributed by atoms with Gasteiger partial charge in [-0.1, -0.05) is 289 Å². The SMILES string of the molecule is CC/C=C\C/C=C\C/C=C\C/C=C\C/C=C\C/C=C\C/C=C\C/C=C\C/C=C\CCCCCCCC(=O)OCC(COC(=O)CCCCCCC/C=C\C/C=C\CCC)OC(=O)CCCCCCCCCCCCCCCCC. The lowest BCUT2D eigenvalue weighted by Gasteiger charge is -2.18. The number of allylic oxidation sites excluding steroid dienone is 22. The van der Waals surface area contributed by atoms with Crippen molar-refractivity contribution in [2.75, 3.05) is 13.2 Å². The maximum Gasteiger partial charge on any atom is 0.306 e. The summed E-state index contributed by atoms with van der Waals surface area (Å²) in [5, 5.41) is 0. The van der Waals surface area contributed by atoms with Crippen LogP contribution in [0.25, 0.3) is 0 Å². The van der Waals surface area contributed by atoms with Gasteiger partial charge in [0.05, 0.1) is 0 Å². The summed E-state index contributed by atoms with van der Waals surface area (Å²) in [7, 11) is 0. The molecule has 0 saturated heterocycles. The standard InChI is InChI=1S/C73H120O6/c1-4-7-10-13-16-19-22-25-27-28-29-30-31-32-33-34-35-36-37-38-39-40-41-42-43-44-46-48-51-54-57-60-63-66-72(75)78-69-70(68-77-71(74)65-62-59-56-53-50-47-24-21-18-15-12-9-6-3)79-73(76)67-64-61-58-55-52-49-45-26-23-20-17-14-11-8-5-2/h7,10,12,15-16,19,21,24-25,27,29-30,32-33,35-36,38-39,41-42,44,46,70H,4-6,8-9,11,13-14,17-18,20,22-23,26,28,31,34,37,40,43,45,47-69H2,1-3H3/b10-7-,15-12-,19-16-,24-21-,27-25-,30-29-,33-32-,36-35-,39-38-,42-41-,46-44-. The Morgan fingerprint density at radius 3 is 0.823 bits per heavy atom. The van der Waals surface area contributed by atoms with E-state index in [0.29, 0.717) is 19.3 Å². The Bertz CT molecular complexity index is 1680. The van der Waals surface area contributed by atoms with Gasteiger partial charge in [-0.2, -0.15) is 0 Å². The maximum absolute atomic E-state index is 12.9. The fraction of sp³-hybridized carbons (Fsp3) is 0.658. The average molecular weight is 1090 g/mol. The molecule has 0 aromatic heterocycles. The first-order valence-electron chi connectivity index (χ1n) is 32.7. The molecule has 0 radical (unpaired) electrons. The van der Waals surface area contributed by atoms with Gasteiger partial charge in [-0.25, -0.2) is 0 Å². The topological polar surface area (TPSA) is 78.9 Å². The van der Waals surface area contributed by atoms with Crippen LogP contribution in [0.3, 0.4) is 0 Å². The molecule has 0 fully saturated rings. The smallest absolute Gasteiger partial charge is 0.306 e. The predicted octanol–water partition coefficient (Wildman–Crippen LogP) is 22.5. The van der Waals surface area contributed by atoms with Crippen LogP contribution in [-0.4, -0.2) is 37.2 Å². The minimum Gasteiger partial charge on any atom is -0.462 e. The van der Waals surface area contributed by atoms with Gasteiger partial charge in [0.25, 0.3) is 0 Å². The third-order valence-corrected chi connectivity index (χ3v) is 13.6. The molecule has 6 heteroatoms. The number of ether oxygens (including phenoxy) is 3. The molecule has 0 saturated carbocycles. The highest BCUT2D eigenvalue weighted by molar-refractivity contribution is 5.71. The number of hydrogen-bond acceptors (Lipinski definition) is 6. The quantitative estimate of drug-likeness (QED) is 0.0261. The van der Waals surface area contributed by atoms with Crippen LogP contribution in [0.2, 0.25) is 0 Å². The van der Waals surface area contributed by atoms with Crippen molar-refractivity contribution < 1.29 is 28.6 Å². The zero-order chi connectivity index (χ0) is 57.1. The molecule has 0 aromatic rings. The summed E-state index contributed by atoms with van der Waals surface area (Å²) >= 11 is 0. The molecular formula is C73H120O6. The van der Waals surface area contributed by atoms with E-state index in [1.807, 2.05) is 0 Å². The molecule has 0 aliphatic carbocycles. The van der Waals surface area contributed by atoms with Crippen molar-refractivity contribution in [2.45, 2.75) is 297 Å². The number of esters is 3. The molecule has 1 unspecified atom stereocenters. The van der Waals surface area contributed by atoms with E-state index < -0.39 is 6.10 Å². The molecular weight excluding hydrogens is 973 g/mol. The first kappa shape index (κ1) is 74.5. The van der Waals surface area contributed by atoms with E-state index in [1.165, 1.54) is 83.5 Å². The van der Waals surface area contributed by atoms with Crippen molar-refractivity contribution in [1.82, 2.24) is 0 Å². The van der Waals surface area contributed by atoms with E-state index in [0.717, 1.165) is 167 Å². The van der Waals surface area contributed by atoms with Gasteiger partial charge in [0.15, 0.2) is 6.10 Å². The van der Waals surface area contributed by atoms with E-state index in [9.17, 15) is 14.4 Å². The van der Waals surface area contributed by atoms with Crippen LogP contribution in [0.15, 0.2) is 134 Å². The molecule has 0 aliphatic heterocycles. The van der Waals surface area contributed by atoms with E-state index in [-0.39, 0.29) is 31.1 Å². The van der Waals surface area contributed by atoms with E-state index >= 15 is 0 Å². The number of rotatable bonds is 58. The molecule has 0 rings (SSSR count). The summed E-state index contributed by atoms with van der Waals surface area (Å²) < 4.78 is 16.9. The van der Waals surface area contributed by atoms with Gasteiger partial charge in [-0.3, -0.25) is 14.4 Å². The monoisotopic (exact) mass is 1090 g/mol. The molecule has 448 valence electrons. The Balaban J connectivity index is 4.32. The minimum absolute atomic E-state index is 0.0922. The average Bonchev–Trinajstić information content (AvgIpc) is 3.45. The Hall–Kier alpha value is -4.45. The summed E-state index contributed by atoms with van der Waals surface area (Å²) in [6, 6.07) is 0. The van der Waals surface area contributed by atoms with Crippen LogP contribution < -0.4 is 0 Å². The van der Waals surface area contributed by atoms with E-state index in [1.54, 1.807) is 0 Å². The van der Waals surface area contributed by atoms with Gasteiger partial charge < -0.3 is 14.2 Å². The van der Waals surface area contributed by atoms with Gasteiger partial charge in [-0.05, 0) is 116 Å². The van der Waals surface area contributed by atoms with Crippen molar-refractivity contribution in [3.8, 4) is 0 Å². The van der Waals surface area contributed by atoms with Crippen LogP contribution in [0.1, 0.15) is 290 Å². The molecule has 79 heavy (non-hydrogen) atoms. The molecule has 0 bridgehead atoms. The second kappa shape index (κ2) is 66.1. The summed E-state index contributed by atoms with van der Waals surface area (Å²) in [6.45, 7) is 6.45. The highest BCUT2D eigenvalue weighted by Crippen LogP contribution is 2.16. The summed E-state index contributed by atoms with van der Waals surface area (Å²) in [5.74, 6) is -0.920. The van der Waals surface area contributed by atoms with Crippen LogP contribution in [0.5, 0.6) is 0 Å². The fourth-order valence-electron chi connectivity index (χ4n) is 8.77. The second-order valence-electron chi connectivity index (χ2n) is 21.3. The number of unbranched alkanes of at least 4 members (excludes halogenated alkanes) is 25. The Morgan fingerprint density at radius 1 is 0.266 bits per heavy atom. The maximum atomic E-state index is 12.9. The first-order chi connectivity index (χ1) is 39.0. The molecule has 0 aliphatic rings. The second-order valence-corrected chi connectivity index (χ2v) is 21.3. The lowest BCUT2D eigenvalue weighted by molar-refractivity contribution is -0.167. The highest BCUT2D eigenvalue weighted by atomic mass is 16.6. The third-order valence-electron chi connectivity index (χ3n) is 13.6. The van der Waals surface area contributed by atoms with Crippen molar-refractivity contribution in [3.63, 3.8) is 0 Å². The van der Waals surface area contributed by atoms with Crippen molar-refractivity contribution >= 4 is 17.9 Å². The van der Waals surface area contributed by atoms with Crippen molar-refractivity contribution in [2.24, 2.45) is 0 Å². The Kier molecular flexibility index (Phi) is 62.3. The predicted molar refractivity (Wildman–Crippen MR) is 343 cm³/mol. The van der Waals surface area contributed by atoms with E-state index in [2.05, 4.69) is 154 Å². The summed E-state index contributed by atoms with van der Waals surface area (Å²) in [5.41, 5.74) is 0. The largest absolute Gasteiger partial charge is 0.462 e. The molecule has 0 N–H and O–H groups in total. The summed E-state index contributed by atoms with van der Waals surface area (Å²) in [4.78, 5) is 38.3. The van der Waals surface area contributed by atoms with Crippen LogP contribution >= 0.6 is 0 Å². The van der Waals surface area contributed by atoms with Gasteiger partial charge in [0.2, 0.25) is 0 Å². The lowest BCUT2D eigenvalue weighted by atomic mass is 10.0. The van der Waals surface area contributed by atoms with Gasteiger partial charge in [0.1, 0.15) is 13.2 Å². The van der Waals surface area contributed by atoms with Gasteiger partial charge in [-0.15, -0.1) is 0 Å². The number of carbonyl (C=O) groups excluding carboxylic acids is 3. The molecule has 6 nitrogen and oxygen atoms in total. The zero-order valence-electron chi connectivity index (χ0n) is 51.3. The van der Waals surface area contributed by atoms with Gasteiger partial charge in [0, 0.05) is 19.3 Å². The Labute approximate surface area is 487 Å². The normalized spacial score (nSPS) is 13.0. The first-order valence-corrected chi connectivity index (χ1v) is 32.7. The summed E-state index contributed by atoms with van der Waals surface area (Å²) in [6.07, 6.45) is 93.2. The van der Waals surface area contributed by atoms with Crippen LogP contribution in [0.4, 0.5) is 0 Å². The number of carbonyl (C=O) groups is 3. The van der Waals surface area contributed by atoms with Crippen molar-refractivity contribution in [3.05, 3.63) is 134 Å². The fourth-order valence-corrected chi connectivity index (χ4v) is 8.77. The lowest BCUT2D eigenvalue weighted by Crippen LogP contribution is -2.30. The molecule has 1 atom stereocenters. The Morgan fingerprint density at radius 2 is 0.519 bits per heavy atom. The molecule has 0 heterocycles. The van der Waals surface area contributed by atoms with Gasteiger partial charge >= 0.3 is 17.9 Å². The van der Waals surface area contributed by atoms with E-state index in [4.69, 9.17) is 14.2 Å². The number of hydrogen-bond donors (Lipinski definition) is 0.